The van der Waals surface area contributed by atoms with E-state index in [1.165, 1.54) is 18.1 Å². The van der Waals surface area contributed by atoms with Crippen LogP contribution in [0.1, 0.15) is 58.3 Å². The zero-order valence-corrected chi connectivity index (χ0v) is 17.0. The molecule has 0 amide bonds. The number of rotatable bonds is 1. The molecule has 4 aliphatic carbocycles. The standard InChI is InChI=1S/C22H27F5O3/c1-18-7-4-15-14-5-8-19(29-10-11-30-19)12-13(14)2-3-16(15)17(18)6-9-20(18,28)21(23,24)22(25,26)27/h4,16-17,28H,2-3,5-12H2,1H3/t16-,17+,18+,20+/m1/s1. The molecule has 5 aliphatic rings. The first-order valence-corrected chi connectivity index (χ1v) is 10.8. The maximum atomic E-state index is 14.5. The molecule has 1 saturated heterocycles. The number of alkyl halides is 5. The number of halogens is 5. The quantitative estimate of drug-likeness (QED) is 0.570. The van der Waals surface area contributed by atoms with Crippen molar-refractivity contribution >= 4 is 0 Å². The van der Waals surface area contributed by atoms with E-state index in [9.17, 15) is 27.1 Å². The first-order valence-electron chi connectivity index (χ1n) is 10.8. The summed E-state index contributed by atoms with van der Waals surface area (Å²) in [6, 6.07) is 0. The van der Waals surface area contributed by atoms with Crippen molar-refractivity contribution in [3.63, 3.8) is 0 Å². The van der Waals surface area contributed by atoms with Gasteiger partial charge in [-0.05, 0) is 61.5 Å². The summed E-state index contributed by atoms with van der Waals surface area (Å²) in [5, 5.41) is 10.8. The normalized spacial score (nSPS) is 40.8. The molecular weight excluding hydrogens is 407 g/mol. The minimum Gasteiger partial charge on any atom is -0.383 e. The van der Waals surface area contributed by atoms with E-state index in [2.05, 4.69) is 0 Å². The highest BCUT2D eigenvalue weighted by Crippen LogP contribution is 2.67. The molecule has 0 bridgehead atoms. The summed E-state index contributed by atoms with van der Waals surface area (Å²) < 4.78 is 80.2. The molecule has 5 rings (SSSR count). The highest BCUT2D eigenvalue weighted by atomic mass is 19.4. The second kappa shape index (κ2) is 6.29. The van der Waals surface area contributed by atoms with E-state index in [1.54, 1.807) is 0 Å². The summed E-state index contributed by atoms with van der Waals surface area (Å²) in [4.78, 5) is 0. The van der Waals surface area contributed by atoms with E-state index in [4.69, 9.17) is 9.47 Å². The van der Waals surface area contributed by atoms with E-state index in [-0.39, 0.29) is 24.7 Å². The summed E-state index contributed by atoms with van der Waals surface area (Å²) >= 11 is 0. The van der Waals surface area contributed by atoms with Gasteiger partial charge in [-0.15, -0.1) is 0 Å². The Morgan fingerprint density at radius 1 is 1.03 bits per heavy atom. The van der Waals surface area contributed by atoms with Crippen LogP contribution in [0.25, 0.3) is 0 Å². The Morgan fingerprint density at radius 3 is 2.40 bits per heavy atom. The van der Waals surface area contributed by atoms with E-state index in [1.807, 2.05) is 6.08 Å². The average Bonchev–Trinajstić information content (AvgIpc) is 3.23. The second-order valence-corrected chi connectivity index (χ2v) is 9.87. The molecule has 0 aromatic carbocycles. The summed E-state index contributed by atoms with van der Waals surface area (Å²) in [5.74, 6) is -6.15. The first-order chi connectivity index (χ1) is 13.9. The Kier molecular flexibility index (Phi) is 4.38. The molecule has 168 valence electrons. The summed E-state index contributed by atoms with van der Waals surface area (Å²) in [6.45, 7) is 2.60. The van der Waals surface area contributed by atoms with Gasteiger partial charge in [0.2, 0.25) is 0 Å². The Hall–Kier alpha value is -0.990. The molecule has 0 aromatic heterocycles. The lowest BCUT2D eigenvalue weighted by Crippen LogP contribution is -2.64. The third-order valence-electron chi connectivity index (χ3n) is 8.67. The van der Waals surface area contributed by atoms with Crippen molar-refractivity contribution in [1.29, 1.82) is 0 Å². The molecule has 30 heavy (non-hydrogen) atoms. The van der Waals surface area contributed by atoms with E-state index in [0.717, 1.165) is 24.8 Å². The molecule has 0 radical (unpaired) electrons. The lowest BCUT2D eigenvalue weighted by atomic mass is 9.55. The molecule has 0 unspecified atom stereocenters. The molecule has 1 aliphatic heterocycles. The fourth-order valence-corrected chi connectivity index (χ4v) is 7.06. The fraction of sp³-hybridized carbons (Fsp3) is 0.818. The van der Waals surface area contributed by atoms with Crippen LogP contribution in [-0.4, -0.2) is 41.8 Å². The Morgan fingerprint density at radius 2 is 1.73 bits per heavy atom. The molecule has 2 fully saturated rings. The minimum absolute atomic E-state index is 0.0284. The first kappa shape index (κ1) is 20.9. The topological polar surface area (TPSA) is 38.7 Å². The highest BCUT2D eigenvalue weighted by molar-refractivity contribution is 5.45. The van der Waals surface area contributed by atoms with Crippen LogP contribution in [0.15, 0.2) is 22.8 Å². The maximum Gasteiger partial charge on any atom is 0.456 e. The zero-order valence-electron chi connectivity index (χ0n) is 17.0. The predicted octanol–water partition coefficient (Wildman–Crippen LogP) is 5.30. The molecular formula is C22H27F5O3. The van der Waals surface area contributed by atoms with Crippen molar-refractivity contribution in [1.82, 2.24) is 0 Å². The van der Waals surface area contributed by atoms with Gasteiger partial charge >= 0.3 is 12.1 Å². The van der Waals surface area contributed by atoms with E-state index in [0.29, 0.717) is 26.1 Å². The molecule has 1 spiro atoms. The van der Waals surface area contributed by atoms with Gasteiger partial charge in [-0.1, -0.05) is 18.6 Å². The van der Waals surface area contributed by atoms with Crippen molar-refractivity contribution in [2.75, 3.05) is 13.2 Å². The van der Waals surface area contributed by atoms with Gasteiger partial charge in [-0.3, -0.25) is 0 Å². The van der Waals surface area contributed by atoms with Crippen molar-refractivity contribution in [2.24, 2.45) is 17.3 Å². The van der Waals surface area contributed by atoms with Crippen LogP contribution in [-0.2, 0) is 9.47 Å². The van der Waals surface area contributed by atoms with Crippen LogP contribution in [0.4, 0.5) is 22.0 Å². The second-order valence-electron chi connectivity index (χ2n) is 9.87. The predicted molar refractivity (Wildman–Crippen MR) is 97.7 cm³/mol. The fourth-order valence-electron chi connectivity index (χ4n) is 7.06. The molecule has 1 saturated carbocycles. The van der Waals surface area contributed by atoms with Gasteiger partial charge in [0.25, 0.3) is 0 Å². The lowest BCUT2D eigenvalue weighted by Gasteiger charge is -2.52. The minimum atomic E-state index is -5.77. The van der Waals surface area contributed by atoms with Crippen LogP contribution < -0.4 is 0 Å². The van der Waals surface area contributed by atoms with Gasteiger partial charge in [0, 0.05) is 18.3 Å². The molecule has 1 heterocycles. The van der Waals surface area contributed by atoms with Crippen LogP contribution in [0.5, 0.6) is 0 Å². The van der Waals surface area contributed by atoms with Crippen LogP contribution in [0, 0.1) is 17.3 Å². The molecule has 0 aromatic rings. The largest absolute Gasteiger partial charge is 0.456 e. The third kappa shape index (κ3) is 2.53. The van der Waals surface area contributed by atoms with Gasteiger partial charge in [0.05, 0.1) is 13.2 Å². The smallest absolute Gasteiger partial charge is 0.383 e. The SMILES string of the molecule is C[C@]12CC=C3C4=C(CC[C@H]3[C@@H]1CC[C@@]2(O)C(F)(F)C(F)(F)F)CC1(CC4)OCCO1. The van der Waals surface area contributed by atoms with Gasteiger partial charge in [-0.25, -0.2) is 0 Å². The van der Waals surface area contributed by atoms with Gasteiger partial charge in [0.15, 0.2) is 5.79 Å². The Balaban J connectivity index is 1.49. The average molecular weight is 434 g/mol. The molecule has 1 N–H and O–H groups in total. The highest BCUT2D eigenvalue weighted by Gasteiger charge is 2.78. The summed E-state index contributed by atoms with van der Waals surface area (Å²) in [7, 11) is 0. The number of hydrogen-bond donors (Lipinski definition) is 1. The van der Waals surface area contributed by atoms with Crippen LogP contribution in [0.3, 0.4) is 0 Å². The van der Waals surface area contributed by atoms with Gasteiger partial charge < -0.3 is 14.6 Å². The van der Waals surface area contributed by atoms with Crippen molar-refractivity contribution in [3.05, 3.63) is 22.8 Å². The van der Waals surface area contributed by atoms with Gasteiger partial charge in [0.1, 0.15) is 5.60 Å². The third-order valence-corrected chi connectivity index (χ3v) is 8.67. The Labute approximate surface area is 172 Å². The number of allylic oxidation sites excluding steroid dienone is 3. The molecule has 4 atom stereocenters. The molecule has 3 nitrogen and oxygen atoms in total. The summed E-state index contributed by atoms with van der Waals surface area (Å²) in [6.07, 6.45) is -0.587. The molecule has 8 heteroatoms. The van der Waals surface area contributed by atoms with Gasteiger partial charge in [-0.2, -0.15) is 22.0 Å². The monoisotopic (exact) mass is 434 g/mol. The van der Waals surface area contributed by atoms with E-state index < -0.39 is 35.3 Å². The van der Waals surface area contributed by atoms with Crippen LogP contribution >= 0.6 is 0 Å². The number of hydrogen-bond acceptors (Lipinski definition) is 3. The lowest BCUT2D eigenvalue weighted by molar-refractivity contribution is -0.360. The van der Waals surface area contributed by atoms with E-state index >= 15 is 0 Å². The zero-order chi connectivity index (χ0) is 21.6. The van der Waals surface area contributed by atoms with Crippen molar-refractivity contribution in [3.8, 4) is 0 Å². The number of ether oxygens (including phenoxy) is 2. The maximum absolute atomic E-state index is 14.5. The summed E-state index contributed by atoms with van der Waals surface area (Å²) in [5.41, 5.74) is -1.00. The Bertz CT molecular complexity index is 810. The van der Waals surface area contributed by atoms with Crippen molar-refractivity contribution < 1.29 is 36.5 Å². The number of fused-ring (bicyclic) bond motifs is 4. The van der Waals surface area contributed by atoms with Crippen LogP contribution in [0.2, 0.25) is 0 Å². The number of aliphatic hydroxyl groups is 1. The van der Waals surface area contributed by atoms with Crippen molar-refractivity contribution in [2.45, 2.75) is 81.8 Å².